The van der Waals surface area contributed by atoms with Gasteiger partial charge in [0.15, 0.2) is 0 Å². The molecule has 4 aromatic heterocycles. The quantitative estimate of drug-likeness (QED) is 0.147. The van der Waals surface area contributed by atoms with Gasteiger partial charge in [0, 0.05) is 65.6 Å². The molecule has 0 unspecified atom stereocenters. The molecule has 0 radical (unpaired) electrons. The minimum atomic E-state index is -0.400. The average Bonchev–Trinajstić information content (AvgIpc) is 0.835. The van der Waals surface area contributed by atoms with Gasteiger partial charge in [-0.25, -0.2) is 15.0 Å². The van der Waals surface area contributed by atoms with E-state index in [9.17, 15) is 0 Å². The highest BCUT2D eigenvalue weighted by Crippen LogP contribution is 2.53. The first kappa shape index (κ1) is 55.4. The van der Waals surface area contributed by atoms with Gasteiger partial charge in [-0.3, -0.25) is 9.80 Å². The Bertz CT molecular complexity index is 4490. The third-order valence-corrected chi connectivity index (χ3v) is 23.5. The first-order valence-corrected chi connectivity index (χ1v) is 33.0. The normalized spacial score (nSPS) is 16.3. The molecular weight excluding hydrogens is 1090 g/mol. The van der Waals surface area contributed by atoms with E-state index >= 15 is 0 Å². The Morgan fingerprint density at radius 3 is 1.64 bits per heavy atom. The van der Waals surface area contributed by atoms with Gasteiger partial charge in [0.25, 0.3) is 13.4 Å². The van der Waals surface area contributed by atoms with Crippen molar-refractivity contribution in [2.24, 2.45) is 0 Å². The Hall–Kier alpha value is -7.20. The van der Waals surface area contributed by atoms with Gasteiger partial charge in [-0.2, -0.15) is 0 Å². The number of hydrogen-bond acceptors (Lipinski definition) is 9. The fourth-order valence-corrected chi connectivity index (χ4v) is 17.1. The van der Waals surface area contributed by atoms with Crippen molar-refractivity contribution in [3.63, 3.8) is 0 Å². The van der Waals surface area contributed by atoms with E-state index in [4.69, 9.17) is 19.7 Å². The minimum absolute atomic E-state index is 0.00410. The van der Waals surface area contributed by atoms with Gasteiger partial charge in [0.1, 0.15) is 23.2 Å². The third-order valence-electron chi connectivity index (χ3n) is 20.5. The van der Waals surface area contributed by atoms with Crippen LogP contribution >= 0.6 is 22.7 Å². The highest BCUT2D eigenvalue weighted by atomic mass is 32.1. The van der Waals surface area contributed by atoms with Gasteiger partial charge in [0.05, 0.1) is 20.8 Å². The van der Waals surface area contributed by atoms with Crippen molar-refractivity contribution in [1.82, 2.24) is 15.0 Å². The molecule has 86 heavy (non-hydrogen) atoms. The summed E-state index contributed by atoms with van der Waals surface area (Å²) in [4.78, 5) is 27.9. The van der Waals surface area contributed by atoms with Gasteiger partial charge in [0.2, 0.25) is 5.88 Å². The molecular formula is C75H78B2N6OS2. The van der Waals surface area contributed by atoms with Crippen molar-refractivity contribution in [3.8, 4) is 11.6 Å². The molecule has 1 aliphatic carbocycles. The Morgan fingerprint density at radius 1 is 0.488 bits per heavy atom. The van der Waals surface area contributed by atoms with Crippen molar-refractivity contribution < 1.29 is 4.74 Å². The Balaban J connectivity index is 1.11. The number of para-hydroxylation sites is 2. The summed E-state index contributed by atoms with van der Waals surface area (Å²) in [6.07, 6.45) is 4.33. The SMILES string of the molecule is CCC(C)(C)c1cc2ccc3c(c2s1)Oc1nc(C(C)(C)C)cc2c1B3c1cc3c(cc1N2c1ccccc1)N(c1ccc2c(c1)C(C)(C)CCC2(C)C)c1nc(C(C)(C)C)nc2c1B3c1ccc3cc(C(C)(C)CC)sc3c1N2c1ccccc1. The number of nitrogens with zero attached hydrogens (tertiary/aromatic N) is 6. The van der Waals surface area contributed by atoms with Crippen LogP contribution in [0.15, 0.2) is 133 Å². The zero-order valence-corrected chi connectivity index (χ0v) is 54.7. The Kier molecular flexibility index (Phi) is 12.0. The summed E-state index contributed by atoms with van der Waals surface area (Å²) in [5.74, 6) is 4.30. The number of ether oxygens (including phenoxy) is 1. The fraction of sp³-hybridized carbons (Fsp3) is 0.347. The molecule has 10 aromatic rings. The Labute approximate surface area is 518 Å². The minimum Gasteiger partial charge on any atom is -0.439 e. The number of fused-ring (bicyclic) bond motifs is 13. The summed E-state index contributed by atoms with van der Waals surface area (Å²) in [6, 6.07) is 51.4. The number of benzene rings is 6. The summed E-state index contributed by atoms with van der Waals surface area (Å²) in [5, 5.41) is 2.48. The summed E-state index contributed by atoms with van der Waals surface area (Å²) >= 11 is 3.84. The van der Waals surface area contributed by atoms with Crippen LogP contribution in [0.3, 0.4) is 0 Å². The van der Waals surface area contributed by atoms with E-state index < -0.39 is 5.41 Å². The predicted molar refractivity (Wildman–Crippen MR) is 370 cm³/mol. The molecule has 8 heterocycles. The molecule has 7 nitrogen and oxygen atoms in total. The van der Waals surface area contributed by atoms with E-state index in [1.54, 1.807) is 0 Å². The molecule has 5 aliphatic rings. The zero-order valence-electron chi connectivity index (χ0n) is 53.1. The first-order valence-electron chi connectivity index (χ1n) is 31.4. The highest BCUT2D eigenvalue weighted by molar-refractivity contribution is 7.20. The van der Waals surface area contributed by atoms with Gasteiger partial charge in [-0.05, 0) is 152 Å². The van der Waals surface area contributed by atoms with E-state index in [1.807, 2.05) is 22.7 Å². The smallest absolute Gasteiger partial charge is 0.258 e. The molecule has 11 heteroatoms. The Morgan fingerprint density at radius 2 is 1.03 bits per heavy atom. The van der Waals surface area contributed by atoms with E-state index in [2.05, 4.69) is 259 Å². The summed E-state index contributed by atoms with van der Waals surface area (Å²) < 4.78 is 9.93. The van der Waals surface area contributed by atoms with Crippen molar-refractivity contribution >= 4 is 140 Å². The van der Waals surface area contributed by atoms with E-state index in [1.165, 1.54) is 68.6 Å². The van der Waals surface area contributed by atoms with Gasteiger partial charge in [-0.1, -0.05) is 184 Å². The molecule has 6 aromatic carbocycles. The van der Waals surface area contributed by atoms with Crippen molar-refractivity contribution in [1.29, 1.82) is 0 Å². The molecule has 4 aliphatic heterocycles. The van der Waals surface area contributed by atoms with Gasteiger partial charge >= 0.3 is 0 Å². The summed E-state index contributed by atoms with van der Waals surface area (Å²) in [7, 11) is 0. The molecule has 0 saturated carbocycles. The third kappa shape index (κ3) is 8.14. The maximum Gasteiger partial charge on any atom is 0.258 e. The highest BCUT2D eigenvalue weighted by Gasteiger charge is 2.51. The zero-order chi connectivity index (χ0) is 60.1. The molecule has 0 atom stereocenters. The second-order valence-corrected chi connectivity index (χ2v) is 32.1. The van der Waals surface area contributed by atoms with E-state index in [0.29, 0.717) is 5.88 Å². The number of rotatable bonds is 7. The molecule has 0 bridgehead atoms. The molecule has 432 valence electrons. The van der Waals surface area contributed by atoms with Crippen molar-refractivity contribution in [2.75, 3.05) is 14.7 Å². The monoisotopic (exact) mass is 1160 g/mol. The average molecular weight is 1170 g/mol. The lowest BCUT2D eigenvalue weighted by molar-refractivity contribution is 0.332. The predicted octanol–water partition coefficient (Wildman–Crippen LogP) is 17.1. The van der Waals surface area contributed by atoms with Crippen LogP contribution in [0, 0.1) is 0 Å². The number of aromatic nitrogens is 3. The number of pyridine rings is 1. The second-order valence-electron chi connectivity index (χ2n) is 30.0. The second kappa shape index (κ2) is 18.7. The van der Waals surface area contributed by atoms with Gasteiger partial charge in [-0.15, -0.1) is 22.7 Å². The number of hydrogen-bond donors (Lipinski definition) is 0. The maximum absolute atomic E-state index is 7.47. The molecule has 0 fully saturated rings. The molecule has 0 amide bonds. The lowest BCUT2D eigenvalue weighted by Gasteiger charge is -2.46. The van der Waals surface area contributed by atoms with Crippen molar-refractivity contribution in [2.45, 2.75) is 169 Å². The number of thiophene rings is 2. The number of anilines is 9. The summed E-state index contributed by atoms with van der Waals surface area (Å²) in [6.45, 7) is 37.1. The van der Waals surface area contributed by atoms with Crippen LogP contribution in [0.1, 0.15) is 169 Å². The van der Waals surface area contributed by atoms with Crippen LogP contribution in [-0.4, -0.2) is 28.4 Å². The van der Waals surface area contributed by atoms with E-state index in [0.717, 1.165) is 99.6 Å². The van der Waals surface area contributed by atoms with E-state index in [-0.39, 0.29) is 40.5 Å². The standard InChI is InChI=1S/C75H78B2N6OS2/c1-17-72(9,10)58-37-43-29-33-50-62(64(43)85-58)83(46-27-23-20-24-28-46)67-61-66(79-69(80-67)71(6,7)8)82(47-31-32-48-49(39-47)75(15,16)36-35-74(48,13)14)55-41-54-52(40-53(55)76(50)61)77-51-34-30-44-38-59(73(11,12)18-2)86-65(44)63(51)84-68-60(77)56(42-57(78-68)70(3,4)5)81(54)45-25-21-19-22-26-45/h19-34,37-42H,17-18,35-36H2,1-16H3. The first-order chi connectivity index (χ1) is 40.8. The summed E-state index contributed by atoms with van der Waals surface area (Å²) in [5.41, 5.74) is 18.1. The largest absolute Gasteiger partial charge is 0.439 e. The molecule has 0 saturated heterocycles. The van der Waals surface area contributed by atoms with Crippen LogP contribution in [0.4, 0.5) is 51.4 Å². The maximum atomic E-state index is 7.47. The topological polar surface area (TPSA) is 57.6 Å². The molecule has 0 N–H and O–H groups in total. The fourth-order valence-electron chi connectivity index (χ4n) is 14.4. The van der Waals surface area contributed by atoms with Crippen LogP contribution in [0.25, 0.3) is 20.2 Å². The molecule has 15 rings (SSSR count). The van der Waals surface area contributed by atoms with Crippen LogP contribution < -0.4 is 52.2 Å². The van der Waals surface area contributed by atoms with Gasteiger partial charge < -0.3 is 9.64 Å². The lowest BCUT2D eigenvalue weighted by atomic mass is 9.31. The molecule has 0 spiro atoms. The van der Waals surface area contributed by atoms with Crippen LogP contribution in [-0.2, 0) is 32.5 Å². The van der Waals surface area contributed by atoms with Crippen LogP contribution in [0.5, 0.6) is 11.6 Å². The van der Waals surface area contributed by atoms with Crippen molar-refractivity contribution in [3.05, 3.63) is 166 Å². The van der Waals surface area contributed by atoms with Crippen LogP contribution in [0.2, 0.25) is 0 Å². The lowest BCUT2D eigenvalue weighted by Crippen LogP contribution is -2.65.